The van der Waals surface area contributed by atoms with Crippen LogP contribution in [-0.4, -0.2) is 43.6 Å². The summed E-state index contributed by atoms with van der Waals surface area (Å²) in [4.78, 5) is 4.95. The molecule has 0 aromatic carbocycles. The average molecular weight is 188 g/mol. The van der Waals surface area contributed by atoms with E-state index in [9.17, 15) is 0 Å². The lowest BCUT2D eigenvalue weighted by molar-refractivity contribution is 0.352. The Morgan fingerprint density at radius 3 is 2.83 bits per heavy atom. The Morgan fingerprint density at radius 2 is 2.25 bits per heavy atom. The van der Waals surface area contributed by atoms with Crippen LogP contribution >= 0.6 is 11.8 Å². The largest absolute Gasteiger partial charge is 0.306 e. The van der Waals surface area contributed by atoms with Crippen molar-refractivity contribution in [3.8, 4) is 0 Å². The molecule has 0 N–H and O–H groups in total. The normalized spacial score (nSPS) is 9.92. The topological polar surface area (TPSA) is 52.0 Å². The molecule has 0 radical (unpaired) electrons. The second-order valence-electron chi connectivity index (χ2n) is 2.60. The van der Waals surface area contributed by atoms with Gasteiger partial charge in [0.2, 0.25) is 0 Å². The van der Waals surface area contributed by atoms with E-state index in [2.05, 4.69) is 28.2 Å². The Balaban J connectivity index is 3.18. The third-order valence-electron chi connectivity index (χ3n) is 1.54. The molecule has 0 saturated carbocycles. The summed E-state index contributed by atoms with van der Waals surface area (Å²) in [6.45, 7) is 2.73. The Hall–Kier alpha value is -0.380. The number of nitrogens with zero attached hydrogens (tertiary/aromatic N) is 4. The minimum absolute atomic E-state index is 0.611. The van der Waals surface area contributed by atoms with Gasteiger partial charge in [0.05, 0.1) is 0 Å². The average Bonchev–Trinajstić information content (AvgIpc) is 2.09. The molecule has 0 aromatic heterocycles. The van der Waals surface area contributed by atoms with E-state index >= 15 is 0 Å². The summed E-state index contributed by atoms with van der Waals surface area (Å²) in [7, 11) is 2.09. The van der Waals surface area contributed by atoms with Gasteiger partial charge in [-0.2, -0.15) is 11.8 Å². The van der Waals surface area contributed by atoms with Crippen molar-refractivity contribution < 1.29 is 0 Å². The van der Waals surface area contributed by atoms with E-state index in [4.69, 9.17) is 5.53 Å². The van der Waals surface area contributed by atoms with Gasteiger partial charge in [-0.05, 0) is 31.8 Å². The van der Waals surface area contributed by atoms with Crippen molar-refractivity contribution in [2.75, 3.05) is 38.7 Å². The van der Waals surface area contributed by atoms with Crippen LogP contribution in [0.1, 0.15) is 6.42 Å². The summed E-state index contributed by atoms with van der Waals surface area (Å²) >= 11 is 1.85. The van der Waals surface area contributed by atoms with E-state index in [0.29, 0.717) is 6.54 Å². The molecule has 0 rings (SSSR count). The quantitative estimate of drug-likeness (QED) is 0.265. The molecule has 0 spiro atoms. The van der Waals surface area contributed by atoms with Crippen LogP contribution in [0.2, 0.25) is 0 Å². The van der Waals surface area contributed by atoms with E-state index in [1.54, 1.807) is 0 Å². The minimum Gasteiger partial charge on any atom is -0.306 e. The van der Waals surface area contributed by atoms with Gasteiger partial charge in [-0.3, -0.25) is 0 Å². The second-order valence-corrected chi connectivity index (χ2v) is 3.59. The number of rotatable bonds is 7. The van der Waals surface area contributed by atoms with Crippen LogP contribution in [0.5, 0.6) is 0 Å². The number of hydrogen-bond donors (Lipinski definition) is 0. The summed E-state index contributed by atoms with van der Waals surface area (Å²) in [6, 6.07) is 0. The van der Waals surface area contributed by atoms with E-state index in [1.807, 2.05) is 11.8 Å². The van der Waals surface area contributed by atoms with Crippen LogP contribution < -0.4 is 0 Å². The number of hydrogen-bond acceptors (Lipinski definition) is 3. The third-order valence-corrected chi connectivity index (χ3v) is 2.13. The fourth-order valence-corrected chi connectivity index (χ4v) is 1.31. The van der Waals surface area contributed by atoms with Crippen molar-refractivity contribution in [3.63, 3.8) is 0 Å². The second kappa shape index (κ2) is 8.71. The Bertz CT molecular complexity index is 144. The predicted octanol–water partition coefficient (Wildman–Crippen LogP) is 1.98. The van der Waals surface area contributed by atoms with Crippen molar-refractivity contribution >= 4 is 11.8 Å². The molecule has 0 bridgehead atoms. The van der Waals surface area contributed by atoms with Crippen LogP contribution in [0, 0.1) is 0 Å². The van der Waals surface area contributed by atoms with Crippen molar-refractivity contribution in [2.24, 2.45) is 5.11 Å². The van der Waals surface area contributed by atoms with Gasteiger partial charge < -0.3 is 4.90 Å². The summed E-state index contributed by atoms with van der Waals surface area (Å²) < 4.78 is 0. The van der Waals surface area contributed by atoms with E-state index in [0.717, 1.165) is 25.3 Å². The molecule has 4 nitrogen and oxygen atoms in total. The highest BCUT2D eigenvalue weighted by molar-refractivity contribution is 7.98. The molecule has 0 aliphatic carbocycles. The van der Waals surface area contributed by atoms with Gasteiger partial charge in [-0.1, -0.05) is 5.11 Å². The zero-order valence-corrected chi connectivity index (χ0v) is 8.55. The maximum absolute atomic E-state index is 8.01. The van der Waals surface area contributed by atoms with Crippen molar-refractivity contribution in [2.45, 2.75) is 6.42 Å². The molecule has 0 atom stereocenters. The molecule has 0 aliphatic rings. The highest BCUT2D eigenvalue weighted by Gasteiger charge is 1.95. The summed E-state index contributed by atoms with van der Waals surface area (Å²) in [5.74, 6) is 1.16. The fraction of sp³-hybridized carbons (Fsp3) is 1.00. The third kappa shape index (κ3) is 7.72. The highest BCUT2D eigenvalue weighted by Crippen LogP contribution is 1.94. The first-order valence-electron chi connectivity index (χ1n) is 3.99. The monoisotopic (exact) mass is 188 g/mol. The summed E-state index contributed by atoms with van der Waals surface area (Å²) in [6.07, 6.45) is 3.06. The van der Waals surface area contributed by atoms with Gasteiger partial charge in [0, 0.05) is 23.8 Å². The molecular weight excluding hydrogens is 172 g/mol. The van der Waals surface area contributed by atoms with Gasteiger partial charge in [0.1, 0.15) is 0 Å². The first kappa shape index (κ1) is 11.6. The number of thioether (sulfide) groups is 1. The molecule has 70 valence electrons. The fourth-order valence-electron chi connectivity index (χ4n) is 0.815. The standard InChI is InChI=1S/C7H16N4S/c1-11(6-7-12-2)5-3-4-9-10-8/h3-7H2,1-2H3. The van der Waals surface area contributed by atoms with E-state index < -0.39 is 0 Å². The van der Waals surface area contributed by atoms with Gasteiger partial charge >= 0.3 is 0 Å². The molecule has 12 heavy (non-hydrogen) atoms. The molecule has 5 heteroatoms. The maximum atomic E-state index is 8.01. The van der Waals surface area contributed by atoms with Crippen molar-refractivity contribution in [1.29, 1.82) is 0 Å². The van der Waals surface area contributed by atoms with Crippen LogP contribution in [0.3, 0.4) is 0 Å². The van der Waals surface area contributed by atoms with Crippen molar-refractivity contribution in [1.82, 2.24) is 4.90 Å². The Morgan fingerprint density at radius 1 is 1.50 bits per heavy atom. The molecule has 0 aromatic rings. The number of azide groups is 1. The molecule has 0 aliphatic heterocycles. The maximum Gasteiger partial charge on any atom is 0.0270 e. The molecule has 0 heterocycles. The first-order valence-corrected chi connectivity index (χ1v) is 5.39. The molecule has 0 saturated heterocycles. The SMILES string of the molecule is CSCCN(C)CCCN=[N+]=[N-]. The van der Waals surface area contributed by atoms with Crippen LogP contribution in [0.25, 0.3) is 10.4 Å². The molecular formula is C7H16N4S. The van der Waals surface area contributed by atoms with Gasteiger partial charge in [0.15, 0.2) is 0 Å². The lowest BCUT2D eigenvalue weighted by Gasteiger charge is -2.14. The summed E-state index contributed by atoms with van der Waals surface area (Å²) in [5.41, 5.74) is 8.01. The molecule has 0 fully saturated rings. The van der Waals surface area contributed by atoms with Gasteiger partial charge in [-0.25, -0.2) is 0 Å². The molecule has 0 unspecified atom stereocenters. The minimum atomic E-state index is 0.611. The zero-order valence-electron chi connectivity index (χ0n) is 7.73. The van der Waals surface area contributed by atoms with Crippen molar-refractivity contribution in [3.05, 3.63) is 10.4 Å². The molecule has 0 amide bonds. The smallest absolute Gasteiger partial charge is 0.0270 e. The lowest BCUT2D eigenvalue weighted by atomic mass is 10.4. The lowest BCUT2D eigenvalue weighted by Crippen LogP contribution is -2.22. The summed E-state index contributed by atoms with van der Waals surface area (Å²) in [5, 5.41) is 3.47. The van der Waals surface area contributed by atoms with Gasteiger partial charge in [-0.15, -0.1) is 0 Å². The van der Waals surface area contributed by atoms with E-state index in [-0.39, 0.29) is 0 Å². The first-order chi connectivity index (χ1) is 5.81. The van der Waals surface area contributed by atoms with Crippen LogP contribution in [-0.2, 0) is 0 Å². The van der Waals surface area contributed by atoms with Crippen LogP contribution in [0.15, 0.2) is 5.11 Å². The zero-order chi connectivity index (χ0) is 9.23. The Kier molecular flexibility index (Phi) is 8.44. The van der Waals surface area contributed by atoms with Crippen LogP contribution in [0.4, 0.5) is 0 Å². The highest BCUT2D eigenvalue weighted by atomic mass is 32.2. The predicted molar refractivity (Wildman–Crippen MR) is 54.5 cm³/mol. The Labute approximate surface area is 77.9 Å². The van der Waals surface area contributed by atoms with E-state index in [1.165, 1.54) is 0 Å². The van der Waals surface area contributed by atoms with Gasteiger partial charge in [0.25, 0.3) is 0 Å².